The summed E-state index contributed by atoms with van der Waals surface area (Å²) >= 11 is 2.12. The lowest BCUT2D eigenvalue weighted by Gasteiger charge is -2.30. The number of rotatable bonds is 11. The molecule has 0 saturated carbocycles. The van der Waals surface area contributed by atoms with Gasteiger partial charge >= 0.3 is 11.9 Å². The van der Waals surface area contributed by atoms with Crippen LogP contribution in [-0.2, 0) is 35.1 Å². The molecule has 3 N–H and O–H groups in total. The molecule has 2 aliphatic rings. The predicted molar refractivity (Wildman–Crippen MR) is 167 cm³/mol. The highest BCUT2D eigenvalue weighted by molar-refractivity contribution is 14.1. The first-order valence-electron chi connectivity index (χ1n) is 14.3. The molecule has 1 fully saturated rings. The number of nitrogens with one attached hydrogen (secondary N) is 2. The van der Waals surface area contributed by atoms with Gasteiger partial charge in [-0.25, -0.2) is 4.79 Å². The van der Waals surface area contributed by atoms with Crippen molar-refractivity contribution in [2.24, 2.45) is 0 Å². The van der Waals surface area contributed by atoms with Gasteiger partial charge in [0.15, 0.2) is 0 Å². The van der Waals surface area contributed by atoms with Gasteiger partial charge in [0.2, 0.25) is 5.91 Å². The average Bonchev–Trinajstić information content (AvgIpc) is 3.46. The molecule has 2 aromatic carbocycles. The molecule has 1 heterocycles. The molecule has 0 spiro atoms. The lowest BCUT2D eigenvalue weighted by Crippen LogP contribution is -2.43. The van der Waals surface area contributed by atoms with Gasteiger partial charge in [-0.15, -0.1) is 0 Å². The summed E-state index contributed by atoms with van der Waals surface area (Å²) < 4.78 is 23.2. The third kappa shape index (κ3) is 9.58. The van der Waals surface area contributed by atoms with Crippen LogP contribution in [0.4, 0.5) is 0 Å². The Morgan fingerprint density at radius 2 is 1.80 bits per heavy atom. The van der Waals surface area contributed by atoms with E-state index < -0.39 is 47.8 Å². The smallest absolute Gasteiger partial charge is 0.338 e. The predicted octanol–water partition coefficient (Wildman–Crippen LogP) is 3.42. The SMILES string of the molecule is CC(C)(C)OC(=O)CCC(CO)NC(=O)c1cccc(CNC(=O)C2=CC3OCOC3C(OC(=O)c3cccc(I)c3)C2)c1. The summed E-state index contributed by atoms with van der Waals surface area (Å²) in [7, 11) is 0. The zero-order chi connectivity index (χ0) is 31.9. The van der Waals surface area contributed by atoms with Crippen LogP contribution in [-0.4, -0.2) is 72.2 Å². The second-order valence-corrected chi connectivity index (χ2v) is 12.8. The third-order valence-corrected chi connectivity index (χ3v) is 7.59. The van der Waals surface area contributed by atoms with Crippen molar-refractivity contribution < 1.29 is 43.2 Å². The van der Waals surface area contributed by atoms with Crippen LogP contribution in [0.25, 0.3) is 0 Å². The average molecular weight is 721 g/mol. The Morgan fingerprint density at radius 1 is 1.05 bits per heavy atom. The maximum Gasteiger partial charge on any atom is 0.338 e. The summed E-state index contributed by atoms with van der Waals surface area (Å²) in [4.78, 5) is 50.9. The van der Waals surface area contributed by atoms with Crippen LogP contribution in [0.3, 0.4) is 0 Å². The maximum atomic E-state index is 13.2. The number of carbonyl (C=O) groups excluding carboxylic acids is 4. The summed E-state index contributed by atoms with van der Waals surface area (Å²) in [6, 6.07) is 13.1. The molecule has 1 saturated heterocycles. The van der Waals surface area contributed by atoms with E-state index in [1.165, 1.54) is 0 Å². The van der Waals surface area contributed by atoms with Gasteiger partial charge in [-0.3, -0.25) is 14.4 Å². The first kappa shape index (κ1) is 33.6. The fraction of sp³-hybridized carbons (Fsp3) is 0.438. The van der Waals surface area contributed by atoms with Crippen molar-refractivity contribution in [1.82, 2.24) is 10.6 Å². The molecule has 236 valence electrons. The van der Waals surface area contributed by atoms with E-state index in [2.05, 4.69) is 33.2 Å². The quantitative estimate of drug-likeness (QED) is 0.235. The summed E-state index contributed by atoms with van der Waals surface area (Å²) in [6.45, 7) is 5.15. The molecule has 0 aromatic heterocycles. The molecule has 11 nitrogen and oxygen atoms in total. The molecular weight excluding hydrogens is 683 g/mol. The molecule has 1 aliphatic heterocycles. The van der Waals surface area contributed by atoms with Crippen molar-refractivity contribution in [2.45, 2.75) is 76.5 Å². The van der Waals surface area contributed by atoms with E-state index in [-0.39, 0.29) is 45.1 Å². The lowest BCUT2D eigenvalue weighted by molar-refractivity contribution is -0.155. The van der Waals surface area contributed by atoms with Gasteiger partial charge in [0, 0.05) is 34.1 Å². The summed E-state index contributed by atoms with van der Waals surface area (Å²) in [5.74, 6) is -1.69. The van der Waals surface area contributed by atoms with E-state index in [9.17, 15) is 24.3 Å². The number of hydrogen-bond acceptors (Lipinski definition) is 9. The van der Waals surface area contributed by atoms with Gasteiger partial charge < -0.3 is 34.7 Å². The van der Waals surface area contributed by atoms with Crippen LogP contribution in [0.1, 0.15) is 66.3 Å². The fourth-order valence-electron chi connectivity index (χ4n) is 4.83. The van der Waals surface area contributed by atoms with Crippen LogP contribution in [0.2, 0.25) is 0 Å². The van der Waals surface area contributed by atoms with Gasteiger partial charge in [0.1, 0.15) is 30.7 Å². The second kappa shape index (κ2) is 15.1. The van der Waals surface area contributed by atoms with Gasteiger partial charge in [-0.1, -0.05) is 18.2 Å². The van der Waals surface area contributed by atoms with Crippen molar-refractivity contribution >= 4 is 46.3 Å². The Balaban J connectivity index is 1.32. The fourth-order valence-corrected chi connectivity index (χ4v) is 5.37. The van der Waals surface area contributed by atoms with Crippen LogP contribution in [0.5, 0.6) is 0 Å². The molecular formula is C32H37IN2O9. The molecule has 0 bridgehead atoms. The number of ether oxygens (including phenoxy) is 4. The second-order valence-electron chi connectivity index (χ2n) is 11.6. The number of aliphatic hydroxyl groups excluding tert-OH is 1. The van der Waals surface area contributed by atoms with E-state index >= 15 is 0 Å². The minimum Gasteiger partial charge on any atom is -0.460 e. The number of carbonyl (C=O) groups is 4. The molecule has 2 aromatic rings. The zero-order valence-corrected chi connectivity index (χ0v) is 27.0. The van der Waals surface area contributed by atoms with Crippen molar-refractivity contribution in [3.63, 3.8) is 0 Å². The molecule has 1 aliphatic carbocycles. The Morgan fingerprint density at radius 3 is 2.52 bits per heavy atom. The van der Waals surface area contributed by atoms with Crippen molar-refractivity contribution in [3.05, 3.63) is 80.4 Å². The summed E-state index contributed by atoms with van der Waals surface area (Å²) in [5, 5.41) is 15.3. The molecule has 0 radical (unpaired) electrons. The van der Waals surface area contributed by atoms with Gasteiger partial charge in [0.25, 0.3) is 5.91 Å². The molecule has 12 heteroatoms. The van der Waals surface area contributed by atoms with E-state index in [1.54, 1.807) is 69.3 Å². The van der Waals surface area contributed by atoms with Gasteiger partial charge in [-0.05, 0) is 91.8 Å². The number of hydrogen-bond donors (Lipinski definition) is 3. The number of benzene rings is 2. The molecule has 4 unspecified atom stereocenters. The normalized spacial score (nSPS) is 20.1. The number of aliphatic hydroxyl groups is 1. The number of halogens is 1. The van der Waals surface area contributed by atoms with E-state index in [0.29, 0.717) is 22.3 Å². The summed E-state index contributed by atoms with van der Waals surface area (Å²) in [6.07, 6.45) is 0.370. The zero-order valence-electron chi connectivity index (χ0n) is 24.8. The van der Waals surface area contributed by atoms with Crippen LogP contribution >= 0.6 is 22.6 Å². The minimum atomic E-state index is -0.708. The van der Waals surface area contributed by atoms with Crippen molar-refractivity contribution in [1.29, 1.82) is 0 Å². The number of esters is 2. The largest absolute Gasteiger partial charge is 0.460 e. The van der Waals surface area contributed by atoms with Crippen LogP contribution < -0.4 is 10.6 Å². The molecule has 44 heavy (non-hydrogen) atoms. The third-order valence-electron chi connectivity index (χ3n) is 6.92. The monoisotopic (exact) mass is 720 g/mol. The van der Waals surface area contributed by atoms with Crippen molar-refractivity contribution in [3.8, 4) is 0 Å². The standard InChI is InChI=1S/C32H37IN2O9/c1-32(2,3)44-27(37)11-10-24(17-36)35-30(39)20-7-4-6-19(12-20)16-34-29(38)22-14-25-28(42-18-41-25)26(15-22)43-31(40)21-8-5-9-23(33)13-21/h4-9,12-14,24-26,28,36H,10-11,15-18H2,1-3H3,(H,34,38)(H,35,39). The highest BCUT2D eigenvalue weighted by Crippen LogP contribution is 2.31. The minimum absolute atomic E-state index is 0.0328. The highest BCUT2D eigenvalue weighted by atomic mass is 127. The van der Waals surface area contributed by atoms with E-state index in [0.717, 1.165) is 3.57 Å². The van der Waals surface area contributed by atoms with Crippen LogP contribution in [0.15, 0.2) is 60.2 Å². The molecule has 4 rings (SSSR count). The highest BCUT2D eigenvalue weighted by Gasteiger charge is 2.42. The van der Waals surface area contributed by atoms with Crippen molar-refractivity contribution in [2.75, 3.05) is 13.4 Å². The lowest BCUT2D eigenvalue weighted by atomic mass is 9.91. The Kier molecular flexibility index (Phi) is 11.5. The van der Waals surface area contributed by atoms with Gasteiger partial charge in [0.05, 0.1) is 18.2 Å². The molecule has 2 amide bonds. The summed E-state index contributed by atoms with van der Waals surface area (Å²) in [5.41, 5.74) is 1.21. The van der Waals surface area contributed by atoms with E-state index in [1.807, 2.05) is 6.07 Å². The number of fused-ring (bicyclic) bond motifs is 1. The number of amides is 2. The maximum absolute atomic E-state index is 13.2. The van der Waals surface area contributed by atoms with E-state index in [4.69, 9.17) is 18.9 Å². The topological polar surface area (TPSA) is 149 Å². The molecule has 4 atom stereocenters. The Bertz CT molecular complexity index is 1400. The first-order valence-corrected chi connectivity index (χ1v) is 15.4. The first-order chi connectivity index (χ1) is 20.9. The Labute approximate surface area is 269 Å². The Hall–Kier alpha value is -3.33. The van der Waals surface area contributed by atoms with Gasteiger partial charge in [-0.2, -0.15) is 0 Å². The van der Waals surface area contributed by atoms with Crippen LogP contribution in [0, 0.1) is 3.57 Å².